The Morgan fingerprint density at radius 1 is 1.17 bits per heavy atom. The fourth-order valence-corrected chi connectivity index (χ4v) is 4.11. The van der Waals surface area contributed by atoms with Crippen molar-refractivity contribution in [3.05, 3.63) is 42.0 Å². The van der Waals surface area contributed by atoms with Gasteiger partial charge in [-0.2, -0.15) is 0 Å². The molecule has 154 valence electrons. The number of benzene rings is 1. The zero-order chi connectivity index (χ0) is 20.4. The quantitative estimate of drug-likeness (QED) is 0.791. The molecule has 1 aromatic heterocycles. The normalized spacial score (nSPS) is 20.1. The highest BCUT2D eigenvalue weighted by Crippen LogP contribution is 2.35. The van der Waals surface area contributed by atoms with Crippen molar-refractivity contribution < 1.29 is 13.9 Å². The van der Waals surface area contributed by atoms with E-state index in [4.69, 9.17) is 9.72 Å². The number of piperidine rings is 1. The molecule has 0 spiro atoms. The molecular formula is C22H27FN4O2. The van der Waals surface area contributed by atoms with Crippen molar-refractivity contribution >= 4 is 11.9 Å². The number of aromatic nitrogens is 2. The van der Waals surface area contributed by atoms with Crippen molar-refractivity contribution in [2.45, 2.75) is 37.7 Å². The monoisotopic (exact) mass is 398 g/mol. The Morgan fingerprint density at radius 3 is 2.52 bits per heavy atom. The number of anilines is 1. The van der Waals surface area contributed by atoms with Gasteiger partial charge in [0.2, 0.25) is 5.95 Å². The second-order valence-corrected chi connectivity index (χ2v) is 7.97. The van der Waals surface area contributed by atoms with E-state index in [1.165, 1.54) is 12.1 Å². The van der Waals surface area contributed by atoms with Gasteiger partial charge in [-0.05, 0) is 43.4 Å². The van der Waals surface area contributed by atoms with Crippen LogP contribution in [0.2, 0.25) is 0 Å². The Balaban J connectivity index is 1.56. The molecule has 2 saturated heterocycles. The maximum Gasteiger partial charge on any atom is 0.251 e. The van der Waals surface area contributed by atoms with E-state index in [1.54, 1.807) is 12.1 Å². The molecule has 1 atom stereocenters. The first-order chi connectivity index (χ1) is 14.0. The van der Waals surface area contributed by atoms with Gasteiger partial charge >= 0.3 is 0 Å². The van der Waals surface area contributed by atoms with Crippen LogP contribution in [0.3, 0.4) is 0 Å². The van der Waals surface area contributed by atoms with Crippen molar-refractivity contribution in [1.82, 2.24) is 14.9 Å². The van der Waals surface area contributed by atoms with Gasteiger partial charge in [-0.25, -0.2) is 14.4 Å². The van der Waals surface area contributed by atoms with Gasteiger partial charge < -0.3 is 14.5 Å². The molecule has 2 aliphatic heterocycles. The summed E-state index contributed by atoms with van der Waals surface area (Å²) < 4.78 is 18.9. The van der Waals surface area contributed by atoms with Crippen LogP contribution in [0.5, 0.6) is 0 Å². The van der Waals surface area contributed by atoms with E-state index >= 15 is 0 Å². The topological polar surface area (TPSA) is 58.6 Å². The molecule has 1 aromatic carbocycles. The Kier molecular flexibility index (Phi) is 5.76. The van der Waals surface area contributed by atoms with E-state index < -0.39 is 0 Å². The number of hydrogen-bond acceptors (Lipinski definition) is 5. The minimum atomic E-state index is -0.263. The third kappa shape index (κ3) is 4.24. The SMILES string of the molecule is CN(C)c1ncc(-c2ccc(F)cc2)c(C2CCN(C(=O)[C@@H]3CCCO3)CC2)n1. The van der Waals surface area contributed by atoms with Crippen LogP contribution in [0, 0.1) is 5.82 Å². The van der Waals surface area contributed by atoms with Gasteiger partial charge in [0.25, 0.3) is 5.91 Å². The first-order valence-electron chi connectivity index (χ1n) is 10.2. The summed E-state index contributed by atoms with van der Waals surface area (Å²) in [5.74, 6) is 0.743. The summed E-state index contributed by atoms with van der Waals surface area (Å²) in [7, 11) is 3.83. The molecule has 0 aliphatic carbocycles. The summed E-state index contributed by atoms with van der Waals surface area (Å²) >= 11 is 0. The summed E-state index contributed by atoms with van der Waals surface area (Å²) in [5, 5.41) is 0. The van der Waals surface area contributed by atoms with E-state index in [1.807, 2.05) is 30.1 Å². The van der Waals surface area contributed by atoms with Gasteiger partial charge in [-0.3, -0.25) is 4.79 Å². The Labute approximate surface area is 170 Å². The highest BCUT2D eigenvalue weighted by Gasteiger charge is 2.32. The van der Waals surface area contributed by atoms with Crippen LogP contribution >= 0.6 is 0 Å². The van der Waals surface area contributed by atoms with E-state index in [9.17, 15) is 9.18 Å². The molecule has 6 nitrogen and oxygen atoms in total. The lowest BCUT2D eigenvalue weighted by Gasteiger charge is -2.34. The van der Waals surface area contributed by atoms with Gasteiger partial charge in [0.05, 0.1) is 5.69 Å². The predicted octanol–water partition coefficient (Wildman–Crippen LogP) is 3.23. The van der Waals surface area contributed by atoms with Crippen molar-refractivity contribution in [1.29, 1.82) is 0 Å². The molecule has 4 rings (SSSR count). The van der Waals surface area contributed by atoms with Crippen LogP contribution in [-0.4, -0.2) is 60.7 Å². The maximum absolute atomic E-state index is 13.4. The van der Waals surface area contributed by atoms with Crippen LogP contribution in [0.1, 0.15) is 37.3 Å². The lowest BCUT2D eigenvalue weighted by Crippen LogP contribution is -2.43. The van der Waals surface area contributed by atoms with Gasteiger partial charge in [0, 0.05) is 51.5 Å². The zero-order valence-electron chi connectivity index (χ0n) is 17.0. The summed E-state index contributed by atoms with van der Waals surface area (Å²) in [6.07, 6.45) is 5.04. The fraction of sp³-hybridized carbons (Fsp3) is 0.500. The lowest BCUT2D eigenvalue weighted by molar-refractivity contribution is -0.142. The van der Waals surface area contributed by atoms with Crippen molar-refractivity contribution in [2.24, 2.45) is 0 Å². The number of nitrogens with zero attached hydrogens (tertiary/aromatic N) is 4. The third-order valence-corrected chi connectivity index (χ3v) is 5.76. The largest absolute Gasteiger partial charge is 0.368 e. The summed E-state index contributed by atoms with van der Waals surface area (Å²) in [6, 6.07) is 6.45. The standard InChI is InChI=1S/C22H27FN4O2/c1-26(2)22-24-14-18(15-5-7-17(23)8-6-15)20(25-22)16-9-11-27(12-10-16)21(28)19-4-3-13-29-19/h5-8,14,16,19H,3-4,9-13H2,1-2H3/t19-/m0/s1. The van der Waals surface area contributed by atoms with Gasteiger partial charge in [0.1, 0.15) is 11.9 Å². The number of rotatable bonds is 4. The van der Waals surface area contributed by atoms with Gasteiger partial charge in [-0.1, -0.05) is 12.1 Å². The van der Waals surface area contributed by atoms with Crippen LogP contribution in [0.4, 0.5) is 10.3 Å². The Bertz CT molecular complexity index is 858. The molecule has 2 aromatic rings. The second-order valence-electron chi connectivity index (χ2n) is 7.97. The average Bonchev–Trinajstić information content (AvgIpc) is 3.28. The highest BCUT2D eigenvalue weighted by atomic mass is 19.1. The fourth-order valence-electron chi connectivity index (χ4n) is 4.11. The van der Waals surface area contributed by atoms with Crippen LogP contribution in [0.25, 0.3) is 11.1 Å². The molecule has 29 heavy (non-hydrogen) atoms. The Morgan fingerprint density at radius 2 is 1.90 bits per heavy atom. The van der Waals surface area contributed by atoms with Crippen molar-refractivity contribution in [3.8, 4) is 11.1 Å². The highest BCUT2D eigenvalue weighted by molar-refractivity contribution is 5.81. The molecule has 0 unspecified atom stereocenters. The molecular weight excluding hydrogens is 371 g/mol. The van der Waals surface area contributed by atoms with Gasteiger partial charge in [-0.15, -0.1) is 0 Å². The van der Waals surface area contributed by atoms with Crippen LogP contribution < -0.4 is 4.90 Å². The average molecular weight is 398 g/mol. The minimum Gasteiger partial charge on any atom is -0.368 e. The number of halogens is 1. The first kappa shape index (κ1) is 19.8. The van der Waals surface area contributed by atoms with E-state index in [2.05, 4.69) is 4.98 Å². The summed E-state index contributed by atoms with van der Waals surface area (Å²) in [6.45, 7) is 2.09. The molecule has 2 fully saturated rings. The number of carbonyl (C=O) groups excluding carboxylic acids is 1. The second kappa shape index (κ2) is 8.45. The maximum atomic E-state index is 13.4. The van der Waals surface area contributed by atoms with E-state index in [-0.39, 0.29) is 23.7 Å². The van der Waals surface area contributed by atoms with Gasteiger partial charge in [0.15, 0.2) is 0 Å². The van der Waals surface area contributed by atoms with Crippen LogP contribution in [0.15, 0.2) is 30.5 Å². The molecule has 0 bridgehead atoms. The molecule has 0 saturated carbocycles. The van der Waals surface area contributed by atoms with E-state index in [0.29, 0.717) is 25.6 Å². The molecule has 7 heteroatoms. The number of likely N-dealkylation sites (tertiary alicyclic amines) is 1. The number of amides is 1. The minimum absolute atomic E-state index is 0.122. The molecule has 3 heterocycles. The molecule has 0 radical (unpaired) electrons. The molecule has 0 N–H and O–H groups in total. The number of hydrogen-bond donors (Lipinski definition) is 0. The molecule has 2 aliphatic rings. The number of ether oxygens (including phenoxy) is 1. The first-order valence-corrected chi connectivity index (χ1v) is 10.2. The summed E-state index contributed by atoms with van der Waals surface area (Å²) in [5.41, 5.74) is 2.81. The lowest BCUT2D eigenvalue weighted by atomic mass is 9.88. The van der Waals surface area contributed by atoms with E-state index in [0.717, 1.165) is 42.5 Å². The molecule has 1 amide bonds. The third-order valence-electron chi connectivity index (χ3n) is 5.76. The Hall–Kier alpha value is -2.54. The smallest absolute Gasteiger partial charge is 0.251 e. The zero-order valence-corrected chi connectivity index (χ0v) is 17.0. The van der Waals surface area contributed by atoms with Crippen LogP contribution in [-0.2, 0) is 9.53 Å². The predicted molar refractivity (Wildman–Crippen MR) is 109 cm³/mol. The number of carbonyl (C=O) groups is 1. The van der Waals surface area contributed by atoms with Crippen molar-refractivity contribution in [2.75, 3.05) is 38.7 Å². The van der Waals surface area contributed by atoms with Crippen molar-refractivity contribution in [3.63, 3.8) is 0 Å². The summed E-state index contributed by atoms with van der Waals surface area (Å²) in [4.78, 5) is 25.8.